The van der Waals surface area contributed by atoms with Crippen molar-refractivity contribution in [2.75, 3.05) is 27.3 Å². The Kier molecular flexibility index (Phi) is 4.85. The number of ether oxygens (including phenoxy) is 2. The molecule has 0 amide bonds. The van der Waals surface area contributed by atoms with Crippen LogP contribution in [0.25, 0.3) is 0 Å². The Balaban J connectivity index is 2.50. The van der Waals surface area contributed by atoms with Crippen LogP contribution in [0, 0.1) is 0 Å². The maximum Gasteiger partial charge on any atom is 0.0727 e. The van der Waals surface area contributed by atoms with E-state index >= 15 is 0 Å². The molecule has 1 aliphatic rings. The summed E-state index contributed by atoms with van der Waals surface area (Å²) in [6.07, 6.45) is 4.63. The third-order valence-corrected chi connectivity index (χ3v) is 3.34. The van der Waals surface area contributed by atoms with Gasteiger partial charge in [-0.3, -0.25) is 0 Å². The first-order chi connectivity index (χ1) is 6.76. The van der Waals surface area contributed by atoms with Crippen molar-refractivity contribution in [3.8, 4) is 0 Å². The Morgan fingerprint density at radius 1 is 1.29 bits per heavy atom. The first-order valence-corrected chi connectivity index (χ1v) is 5.55. The summed E-state index contributed by atoms with van der Waals surface area (Å²) < 4.78 is 11.1. The number of methoxy groups -OCH3 is 2. The average Bonchev–Trinajstić information content (AvgIpc) is 2.27. The number of hydrogen-bond acceptors (Lipinski definition) is 3. The number of rotatable bonds is 5. The number of piperidine rings is 1. The third kappa shape index (κ3) is 2.94. The molecular weight excluding hydrogens is 178 g/mol. The van der Waals surface area contributed by atoms with Crippen LogP contribution in [0.15, 0.2) is 0 Å². The number of nitrogens with one attached hydrogen (secondary N) is 1. The van der Waals surface area contributed by atoms with Gasteiger partial charge in [-0.15, -0.1) is 0 Å². The lowest BCUT2D eigenvalue weighted by Gasteiger charge is -2.38. The maximum absolute atomic E-state index is 5.69. The van der Waals surface area contributed by atoms with Crippen LogP contribution in [-0.2, 0) is 9.47 Å². The van der Waals surface area contributed by atoms with E-state index in [4.69, 9.17) is 9.47 Å². The molecule has 3 heteroatoms. The maximum atomic E-state index is 5.69. The van der Waals surface area contributed by atoms with Crippen molar-refractivity contribution in [2.24, 2.45) is 0 Å². The van der Waals surface area contributed by atoms with Crippen molar-refractivity contribution >= 4 is 0 Å². The molecular formula is C11H23NO2. The van der Waals surface area contributed by atoms with E-state index in [1.165, 1.54) is 0 Å². The van der Waals surface area contributed by atoms with Crippen LogP contribution in [0.3, 0.4) is 0 Å². The SMILES string of the molecule is CCC(CC1(OC)CCNCC1)OC. The van der Waals surface area contributed by atoms with E-state index in [0.29, 0.717) is 6.10 Å². The Bertz CT molecular complexity index is 151. The predicted octanol–water partition coefficient (Wildman–Crippen LogP) is 1.57. The van der Waals surface area contributed by atoms with Gasteiger partial charge in [0.15, 0.2) is 0 Å². The van der Waals surface area contributed by atoms with Gasteiger partial charge < -0.3 is 14.8 Å². The van der Waals surface area contributed by atoms with Crippen molar-refractivity contribution in [1.82, 2.24) is 5.32 Å². The van der Waals surface area contributed by atoms with Crippen molar-refractivity contribution in [3.63, 3.8) is 0 Å². The van der Waals surface area contributed by atoms with Crippen molar-refractivity contribution in [2.45, 2.75) is 44.3 Å². The largest absolute Gasteiger partial charge is 0.381 e. The van der Waals surface area contributed by atoms with Crippen LogP contribution in [0.4, 0.5) is 0 Å². The van der Waals surface area contributed by atoms with Gasteiger partial charge in [-0.2, -0.15) is 0 Å². The second-order valence-electron chi connectivity index (χ2n) is 4.11. The molecule has 1 heterocycles. The summed E-state index contributed by atoms with van der Waals surface area (Å²) in [6, 6.07) is 0. The van der Waals surface area contributed by atoms with Gasteiger partial charge in [0, 0.05) is 20.6 Å². The monoisotopic (exact) mass is 201 g/mol. The molecule has 1 saturated heterocycles. The molecule has 1 rings (SSSR count). The normalized spacial score (nSPS) is 23.4. The highest BCUT2D eigenvalue weighted by molar-refractivity contribution is 4.88. The standard InChI is InChI=1S/C11H23NO2/c1-4-10(13-2)9-11(14-3)5-7-12-8-6-11/h10,12H,4-9H2,1-3H3. The van der Waals surface area contributed by atoms with E-state index in [2.05, 4.69) is 12.2 Å². The van der Waals surface area contributed by atoms with Gasteiger partial charge in [-0.05, 0) is 32.4 Å². The lowest BCUT2D eigenvalue weighted by Crippen LogP contribution is -2.45. The third-order valence-electron chi connectivity index (χ3n) is 3.34. The lowest BCUT2D eigenvalue weighted by atomic mass is 9.86. The molecule has 84 valence electrons. The highest BCUT2D eigenvalue weighted by Gasteiger charge is 2.33. The van der Waals surface area contributed by atoms with Crippen molar-refractivity contribution in [3.05, 3.63) is 0 Å². The lowest BCUT2D eigenvalue weighted by molar-refractivity contribution is -0.0738. The van der Waals surface area contributed by atoms with Crippen LogP contribution in [0.1, 0.15) is 32.6 Å². The molecule has 1 N–H and O–H groups in total. The van der Waals surface area contributed by atoms with Crippen LogP contribution in [-0.4, -0.2) is 39.0 Å². The fourth-order valence-corrected chi connectivity index (χ4v) is 2.18. The van der Waals surface area contributed by atoms with Crippen molar-refractivity contribution in [1.29, 1.82) is 0 Å². The zero-order valence-corrected chi connectivity index (χ0v) is 9.64. The van der Waals surface area contributed by atoms with Gasteiger partial charge in [-0.1, -0.05) is 6.92 Å². The topological polar surface area (TPSA) is 30.5 Å². The van der Waals surface area contributed by atoms with E-state index in [0.717, 1.165) is 38.8 Å². The molecule has 1 aliphatic heterocycles. The minimum absolute atomic E-state index is 0.0575. The molecule has 0 aromatic heterocycles. The minimum atomic E-state index is 0.0575. The van der Waals surface area contributed by atoms with Gasteiger partial charge in [-0.25, -0.2) is 0 Å². The van der Waals surface area contributed by atoms with E-state index in [1.807, 2.05) is 7.11 Å². The second-order valence-corrected chi connectivity index (χ2v) is 4.11. The smallest absolute Gasteiger partial charge is 0.0727 e. The zero-order valence-electron chi connectivity index (χ0n) is 9.64. The Morgan fingerprint density at radius 2 is 1.93 bits per heavy atom. The quantitative estimate of drug-likeness (QED) is 0.732. The van der Waals surface area contributed by atoms with Crippen LogP contribution in [0.5, 0.6) is 0 Å². The molecule has 0 aromatic carbocycles. The van der Waals surface area contributed by atoms with Crippen molar-refractivity contribution < 1.29 is 9.47 Å². The van der Waals surface area contributed by atoms with Gasteiger partial charge >= 0.3 is 0 Å². The molecule has 0 aromatic rings. The molecule has 0 saturated carbocycles. The van der Waals surface area contributed by atoms with Crippen LogP contribution >= 0.6 is 0 Å². The van der Waals surface area contributed by atoms with E-state index in [-0.39, 0.29) is 5.60 Å². The zero-order chi connectivity index (χ0) is 10.4. The molecule has 1 atom stereocenters. The molecule has 1 unspecified atom stereocenters. The summed E-state index contributed by atoms with van der Waals surface area (Å²) in [6.45, 7) is 4.29. The summed E-state index contributed by atoms with van der Waals surface area (Å²) in [5.74, 6) is 0. The van der Waals surface area contributed by atoms with E-state index in [9.17, 15) is 0 Å². The van der Waals surface area contributed by atoms with E-state index < -0.39 is 0 Å². The Morgan fingerprint density at radius 3 is 2.36 bits per heavy atom. The van der Waals surface area contributed by atoms with Gasteiger partial charge in [0.05, 0.1) is 11.7 Å². The minimum Gasteiger partial charge on any atom is -0.381 e. The predicted molar refractivity (Wildman–Crippen MR) is 57.5 cm³/mol. The summed E-state index contributed by atoms with van der Waals surface area (Å²) in [4.78, 5) is 0. The summed E-state index contributed by atoms with van der Waals surface area (Å²) in [5.41, 5.74) is 0.0575. The first-order valence-electron chi connectivity index (χ1n) is 5.55. The van der Waals surface area contributed by atoms with Gasteiger partial charge in [0.2, 0.25) is 0 Å². The molecule has 0 aliphatic carbocycles. The molecule has 0 radical (unpaired) electrons. The molecule has 1 fully saturated rings. The fourth-order valence-electron chi connectivity index (χ4n) is 2.18. The van der Waals surface area contributed by atoms with Gasteiger partial charge in [0.25, 0.3) is 0 Å². The summed E-state index contributed by atoms with van der Waals surface area (Å²) in [5, 5.41) is 3.36. The molecule has 0 bridgehead atoms. The highest BCUT2D eigenvalue weighted by atomic mass is 16.5. The molecule has 3 nitrogen and oxygen atoms in total. The van der Waals surface area contributed by atoms with E-state index in [1.54, 1.807) is 7.11 Å². The average molecular weight is 201 g/mol. The fraction of sp³-hybridized carbons (Fsp3) is 1.00. The number of hydrogen-bond donors (Lipinski definition) is 1. The molecule has 0 spiro atoms. The second kappa shape index (κ2) is 5.69. The summed E-state index contributed by atoms with van der Waals surface area (Å²) in [7, 11) is 3.62. The van der Waals surface area contributed by atoms with Crippen LogP contribution in [0.2, 0.25) is 0 Å². The van der Waals surface area contributed by atoms with Crippen LogP contribution < -0.4 is 5.32 Å². The first kappa shape index (κ1) is 12.0. The highest BCUT2D eigenvalue weighted by Crippen LogP contribution is 2.29. The Labute approximate surface area is 87.2 Å². The molecule has 14 heavy (non-hydrogen) atoms. The Hall–Kier alpha value is -0.120. The summed E-state index contributed by atoms with van der Waals surface area (Å²) >= 11 is 0. The van der Waals surface area contributed by atoms with Gasteiger partial charge in [0.1, 0.15) is 0 Å².